The molecule has 0 fully saturated rings. The molecule has 2 N–H and O–H groups in total. The van der Waals surface area contributed by atoms with Crippen molar-refractivity contribution in [1.82, 2.24) is 0 Å². The van der Waals surface area contributed by atoms with Gasteiger partial charge in [0.05, 0.1) is 10.1 Å². The summed E-state index contributed by atoms with van der Waals surface area (Å²) in [5, 5.41) is -0.412. The van der Waals surface area contributed by atoms with E-state index in [4.69, 9.17) is 5.73 Å². The first-order valence-electron chi connectivity index (χ1n) is 4.45. The smallest absolute Gasteiger partial charge is 0.180 e. The lowest BCUT2D eigenvalue weighted by Gasteiger charge is -2.09. The third-order valence-corrected chi connectivity index (χ3v) is 4.35. The topological polar surface area (TPSA) is 60.2 Å². The number of benzene rings is 1. The molecule has 0 aliphatic carbocycles. The molecule has 0 aromatic heterocycles. The number of nitrogen functional groups attached to an aromatic ring is 1. The molecule has 0 bridgehead atoms. The second-order valence-electron chi connectivity index (χ2n) is 3.61. The van der Waals surface area contributed by atoms with Crippen LogP contribution in [0.4, 0.5) is 5.69 Å². The summed E-state index contributed by atoms with van der Waals surface area (Å²) >= 11 is 0. The maximum Gasteiger partial charge on any atom is 0.180 e. The highest BCUT2D eigenvalue weighted by Gasteiger charge is 2.19. The summed E-state index contributed by atoms with van der Waals surface area (Å²) in [6, 6.07) is 4.84. The van der Waals surface area contributed by atoms with Crippen LogP contribution in [0.3, 0.4) is 0 Å². The molecule has 78 valence electrons. The maximum atomic E-state index is 11.7. The minimum atomic E-state index is -3.20. The predicted molar refractivity (Wildman–Crippen MR) is 57.9 cm³/mol. The fourth-order valence-electron chi connectivity index (χ4n) is 1.07. The van der Waals surface area contributed by atoms with Crippen molar-refractivity contribution < 1.29 is 8.42 Å². The lowest BCUT2D eigenvalue weighted by molar-refractivity contribution is 0.587. The molecule has 0 radical (unpaired) electrons. The van der Waals surface area contributed by atoms with Crippen LogP contribution in [0.1, 0.15) is 19.4 Å². The quantitative estimate of drug-likeness (QED) is 0.761. The van der Waals surface area contributed by atoms with Gasteiger partial charge in [-0.25, -0.2) is 8.42 Å². The van der Waals surface area contributed by atoms with Crippen molar-refractivity contribution in [2.45, 2.75) is 30.9 Å². The number of anilines is 1. The van der Waals surface area contributed by atoms with Gasteiger partial charge in [0.2, 0.25) is 0 Å². The zero-order valence-electron chi connectivity index (χ0n) is 8.61. The van der Waals surface area contributed by atoms with Crippen LogP contribution in [0.2, 0.25) is 0 Å². The average molecular weight is 213 g/mol. The summed E-state index contributed by atoms with van der Waals surface area (Å²) < 4.78 is 23.5. The van der Waals surface area contributed by atoms with Crippen molar-refractivity contribution in [2.24, 2.45) is 0 Å². The number of aryl methyl sites for hydroxylation is 1. The van der Waals surface area contributed by atoms with Crippen molar-refractivity contribution in [1.29, 1.82) is 0 Å². The molecule has 3 nitrogen and oxygen atoms in total. The van der Waals surface area contributed by atoms with Crippen LogP contribution < -0.4 is 5.73 Å². The van der Waals surface area contributed by atoms with E-state index in [1.54, 1.807) is 26.0 Å². The second-order valence-corrected chi connectivity index (χ2v) is 6.12. The molecule has 1 aromatic rings. The normalized spacial score (nSPS) is 12.0. The molecule has 1 rings (SSSR count). The summed E-state index contributed by atoms with van der Waals surface area (Å²) in [7, 11) is -3.20. The molecule has 0 atom stereocenters. The van der Waals surface area contributed by atoms with Crippen LogP contribution in [0.15, 0.2) is 23.1 Å². The first-order valence-corrected chi connectivity index (χ1v) is 6.00. The first-order chi connectivity index (χ1) is 6.35. The molecule has 0 aliphatic heterocycles. The van der Waals surface area contributed by atoms with Crippen molar-refractivity contribution in [3.05, 3.63) is 23.8 Å². The minimum Gasteiger partial charge on any atom is -0.398 e. The highest BCUT2D eigenvalue weighted by molar-refractivity contribution is 7.92. The molecule has 1 aromatic carbocycles. The summed E-state index contributed by atoms with van der Waals surface area (Å²) in [6.07, 6.45) is 0. The van der Waals surface area contributed by atoms with Crippen molar-refractivity contribution in [3.8, 4) is 0 Å². The largest absolute Gasteiger partial charge is 0.398 e. The Balaban J connectivity index is 3.29. The molecule has 14 heavy (non-hydrogen) atoms. The number of sulfone groups is 1. The molecule has 0 amide bonds. The van der Waals surface area contributed by atoms with Crippen LogP contribution in [-0.4, -0.2) is 13.7 Å². The van der Waals surface area contributed by atoms with Crippen molar-refractivity contribution >= 4 is 15.5 Å². The standard InChI is InChI=1S/C10H15NO2S/c1-7(2)14(12,13)9-5-4-8(3)10(11)6-9/h4-7H,11H2,1-3H3. The van der Waals surface area contributed by atoms with Gasteiger partial charge in [-0.3, -0.25) is 0 Å². The van der Waals surface area contributed by atoms with Crippen molar-refractivity contribution in [3.63, 3.8) is 0 Å². The summed E-state index contributed by atoms with van der Waals surface area (Å²) in [6.45, 7) is 5.16. The highest BCUT2D eigenvalue weighted by Crippen LogP contribution is 2.20. The Morgan fingerprint density at radius 3 is 2.29 bits per heavy atom. The number of rotatable bonds is 2. The SMILES string of the molecule is Cc1ccc(S(=O)(=O)C(C)C)cc1N. The van der Waals surface area contributed by atoms with Crippen LogP contribution >= 0.6 is 0 Å². The molecule has 0 saturated carbocycles. The zero-order chi connectivity index (χ0) is 10.9. The van der Waals surface area contributed by atoms with E-state index in [1.165, 1.54) is 6.07 Å². The van der Waals surface area contributed by atoms with E-state index in [9.17, 15) is 8.42 Å². The monoisotopic (exact) mass is 213 g/mol. The van der Waals surface area contributed by atoms with Crippen LogP contribution in [0.25, 0.3) is 0 Å². The average Bonchev–Trinajstić information content (AvgIpc) is 2.09. The lowest BCUT2D eigenvalue weighted by atomic mass is 10.2. The summed E-state index contributed by atoms with van der Waals surface area (Å²) in [5.74, 6) is 0. The van der Waals surface area contributed by atoms with Gasteiger partial charge in [0.15, 0.2) is 9.84 Å². The number of hydrogen-bond acceptors (Lipinski definition) is 3. The van der Waals surface area contributed by atoms with E-state index in [-0.39, 0.29) is 0 Å². The molecule has 0 spiro atoms. The number of hydrogen-bond donors (Lipinski definition) is 1. The van der Waals surface area contributed by atoms with Crippen molar-refractivity contribution in [2.75, 3.05) is 5.73 Å². The van der Waals surface area contributed by atoms with E-state index in [1.807, 2.05) is 6.92 Å². The zero-order valence-corrected chi connectivity index (χ0v) is 9.43. The Labute approximate surface area is 84.9 Å². The second kappa shape index (κ2) is 3.61. The molecular weight excluding hydrogens is 198 g/mol. The Morgan fingerprint density at radius 2 is 1.86 bits per heavy atom. The van der Waals surface area contributed by atoms with E-state index >= 15 is 0 Å². The van der Waals surface area contributed by atoms with E-state index in [0.29, 0.717) is 10.6 Å². The van der Waals surface area contributed by atoms with Gasteiger partial charge in [0, 0.05) is 5.69 Å². The van der Waals surface area contributed by atoms with Gasteiger partial charge in [-0.15, -0.1) is 0 Å². The summed E-state index contributed by atoms with van der Waals surface area (Å²) in [5.41, 5.74) is 7.07. The van der Waals surface area contributed by atoms with E-state index < -0.39 is 15.1 Å². The molecule has 0 unspecified atom stereocenters. The van der Waals surface area contributed by atoms with Crippen LogP contribution in [0.5, 0.6) is 0 Å². The van der Waals surface area contributed by atoms with Gasteiger partial charge >= 0.3 is 0 Å². The third-order valence-electron chi connectivity index (χ3n) is 2.20. The van der Waals surface area contributed by atoms with Crippen LogP contribution in [-0.2, 0) is 9.84 Å². The molecule has 0 heterocycles. The molecule has 0 saturated heterocycles. The fourth-order valence-corrected chi connectivity index (χ4v) is 2.16. The molecule has 4 heteroatoms. The highest BCUT2D eigenvalue weighted by atomic mass is 32.2. The van der Waals surface area contributed by atoms with Gasteiger partial charge in [-0.05, 0) is 38.5 Å². The minimum absolute atomic E-state index is 0.301. The van der Waals surface area contributed by atoms with Crippen LogP contribution in [0, 0.1) is 6.92 Å². The van der Waals surface area contributed by atoms with E-state index in [2.05, 4.69) is 0 Å². The van der Waals surface area contributed by atoms with Gasteiger partial charge in [-0.1, -0.05) is 6.07 Å². The molecule has 0 aliphatic rings. The van der Waals surface area contributed by atoms with Gasteiger partial charge in [-0.2, -0.15) is 0 Å². The van der Waals surface area contributed by atoms with Gasteiger partial charge in [0.1, 0.15) is 0 Å². The Kier molecular flexibility index (Phi) is 2.85. The summed E-state index contributed by atoms with van der Waals surface area (Å²) in [4.78, 5) is 0.301. The third kappa shape index (κ3) is 1.90. The molecular formula is C10H15NO2S. The number of nitrogens with two attached hydrogens (primary N) is 1. The Bertz CT molecular complexity index is 435. The predicted octanol–water partition coefficient (Wildman–Crippen LogP) is 1.76. The van der Waals surface area contributed by atoms with Gasteiger partial charge < -0.3 is 5.73 Å². The Morgan fingerprint density at radius 1 is 1.29 bits per heavy atom. The fraction of sp³-hybridized carbons (Fsp3) is 0.400. The van der Waals surface area contributed by atoms with E-state index in [0.717, 1.165) is 5.56 Å². The maximum absolute atomic E-state index is 11.7. The Hall–Kier alpha value is -1.03. The van der Waals surface area contributed by atoms with Gasteiger partial charge in [0.25, 0.3) is 0 Å². The first kappa shape index (κ1) is 11.0. The lowest BCUT2D eigenvalue weighted by Crippen LogP contribution is -2.14.